The lowest BCUT2D eigenvalue weighted by atomic mass is 10.1. The molecule has 2 aromatic carbocycles. The van der Waals surface area contributed by atoms with Gasteiger partial charge in [0.1, 0.15) is 11.5 Å². The van der Waals surface area contributed by atoms with E-state index in [0.29, 0.717) is 17.1 Å². The Hall–Kier alpha value is -2.69. The lowest BCUT2D eigenvalue weighted by molar-refractivity contribution is 0.318. The molecule has 0 spiro atoms. The molecule has 0 saturated carbocycles. The van der Waals surface area contributed by atoms with Crippen LogP contribution in [0.1, 0.15) is 11.1 Å². The molecule has 0 atom stereocenters. The molecule has 110 valence electrons. The average molecular weight is 285 g/mol. The number of nitrogens with two attached hydrogens (primary N) is 1. The summed E-state index contributed by atoms with van der Waals surface area (Å²) >= 11 is 0. The van der Waals surface area contributed by atoms with Crippen LogP contribution in [0.5, 0.6) is 11.5 Å². The largest absolute Gasteiger partial charge is 0.457 e. The number of nitrogens with zero attached hydrogens (tertiary/aromatic N) is 2. The van der Waals surface area contributed by atoms with E-state index < -0.39 is 0 Å². The summed E-state index contributed by atoms with van der Waals surface area (Å²) in [4.78, 5) is 1.99. The number of rotatable bonds is 4. The first-order valence-corrected chi connectivity index (χ1v) is 6.55. The fourth-order valence-electron chi connectivity index (χ4n) is 1.94. The standard InChI is InChI=1S/C16H19N3O2/c1-11-7-8-15(14(9-11)16(17)18-20)21-13-6-4-5-12(10-13)19(2)3/h4-10,20H,1-3H3,(H2,17,18). The first-order valence-electron chi connectivity index (χ1n) is 6.55. The highest BCUT2D eigenvalue weighted by Gasteiger charge is 2.10. The lowest BCUT2D eigenvalue weighted by Gasteiger charge is -2.15. The zero-order valence-electron chi connectivity index (χ0n) is 12.4. The topological polar surface area (TPSA) is 71.1 Å². The summed E-state index contributed by atoms with van der Waals surface area (Å²) in [6.45, 7) is 1.94. The second kappa shape index (κ2) is 6.17. The normalized spacial score (nSPS) is 11.3. The number of oxime groups is 1. The molecule has 0 aliphatic rings. The monoisotopic (exact) mass is 285 g/mol. The minimum absolute atomic E-state index is 0.0254. The molecule has 0 aliphatic carbocycles. The molecule has 0 heterocycles. The molecular weight excluding hydrogens is 266 g/mol. The number of hydrogen-bond donors (Lipinski definition) is 2. The number of ether oxygens (including phenoxy) is 1. The van der Waals surface area contributed by atoms with Gasteiger partial charge in [-0.25, -0.2) is 0 Å². The van der Waals surface area contributed by atoms with Gasteiger partial charge < -0.3 is 20.6 Å². The van der Waals surface area contributed by atoms with Crippen molar-refractivity contribution in [3.63, 3.8) is 0 Å². The van der Waals surface area contributed by atoms with Crippen molar-refractivity contribution in [1.29, 1.82) is 0 Å². The third-order valence-electron chi connectivity index (χ3n) is 3.08. The Morgan fingerprint density at radius 3 is 2.62 bits per heavy atom. The van der Waals surface area contributed by atoms with E-state index in [0.717, 1.165) is 11.3 Å². The molecule has 0 aliphatic heterocycles. The van der Waals surface area contributed by atoms with Crippen LogP contribution in [-0.4, -0.2) is 25.1 Å². The van der Waals surface area contributed by atoms with Gasteiger partial charge >= 0.3 is 0 Å². The fourth-order valence-corrected chi connectivity index (χ4v) is 1.94. The van der Waals surface area contributed by atoms with Gasteiger partial charge in [0.05, 0.1) is 5.56 Å². The molecule has 2 aromatic rings. The van der Waals surface area contributed by atoms with Crippen LogP contribution >= 0.6 is 0 Å². The molecule has 0 aromatic heterocycles. The van der Waals surface area contributed by atoms with Gasteiger partial charge in [0, 0.05) is 25.8 Å². The Labute approximate surface area is 124 Å². The Morgan fingerprint density at radius 2 is 1.95 bits per heavy atom. The second-order valence-corrected chi connectivity index (χ2v) is 4.98. The van der Waals surface area contributed by atoms with Crippen molar-refractivity contribution in [3.05, 3.63) is 53.6 Å². The van der Waals surface area contributed by atoms with E-state index in [-0.39, 0.29) is 5.84 Å². The van der Waals surface area contributed by atoms with E-state index in [9.17, 15) is 0 Å². The Bertz CT molecular complexity index is 666. The molecular formula is C16H19N3O2. The van der Waals surface area contributed by atoms with Crippen molar-refractivity contribution in [3.8, 4) is 11.5 Å². The Kier molecular flexibility index (Phi) is 4.33. The summed E-state index contributed by atoms with van der Waals surface area (Å²) in [5.41, 5.74) is 8.31. The highest BCUT2D eigenvalue weighted by molar-refractivity contribution is 5.99. The van der Waals surface area contributed by atoms with Crippen LogP contribution in [0.3, 0.4) is 0 Å². The zero-order valence-corrected chi connectivity index (χ0v) is 12.4. The molecule has 21 heavy (non-hydrogen) atoms. The van der Waals surface area contributed by atoms with Crippen molar-refractivity contribution in [2.45, 2.75) is 6.92 Å². The van der Waals surface area contributed by atoms with Gasteiger partial charge in [0.15, 0.2) is 5.84 Å². The number of aryl methyl sites for hydroxylation is 1. The third-order valence-corrected chi connectivity index (χ3v) is 3.08. The molecule has 2 rings (SSSR count). The SMILES string of the molecule is Cc1ccc(Oc2cccc(N(C)C)c2)c(/C(N)=N/O)c1. The summed E-state index contributed by atoms with van der Waals surface area (Å²) in [6.07, 6.45) is 0. The summed E-state index contributed by atoms with van der Waals surface area (Å²) in [7, 11) is 3.93. The van der Waals surface area contributed by atoms with Crippen molar-refractivity contribution in [2.24, 2.45) is 10.9 Å². The molecule has 5 nitrogen and oxygen atoms in total. The molecule has 3 N–H and O–H groups in total. The van der Waals surface area contributed by atoms with Gasteiger partial charge in [0.2, 0.25) is 0 Å². The quantitative estimate of drug-likeness (QED) is 0.392. The summed E-state index contributed by atoms with van der Waals surface area (Å²) in [5.74, 6) is 1.27. The maximum atomic E-state index is 8.89. The zero-order chi connectivity index (χ0) is 15.4. The van der Waals surface area contributed by atoms with Gasteiger partial charge in [0.25, 0.3) is 0 Å². The third kappa shape index (κ3) is 3.45. The van der Waals surface area contributed by atoms with E-state index in [4.69, 9.17) is 15.7 Å². The van der Waals surface area contributed by atoms with Crippen LogP contribution in [0, 0.1) is 6.92 Å². The molecule has 0 bridgehead atoms. The summed E-state index contributed by atoms with van der Waals surface area (Å²) in [5, 5.41) is 11.9. The van der Waals surface area contributed by atoms with Crippen molar-refractivity contribution in [2.75, 3.05) is 19.0 Å². The van der Waals surface area contributed by atoms with E-state index in [1.54, 1.807) is 0 Å². The van der Waals surface area contributed by atoms with E-state index >= 15 is 0 Å². The highest BCUT2D eigenvalue weighted by Crippen LogP contribution is 2.28. The van der Waals surface area contributed by atoms with Gasteiger partial charge in [-0.2, -0.15) is 0 Å². The van der Waals surface area contributed by atoms with Crippen molar-refractivity contribution >= 4 is 11.5 Å². The van der Waals surface area contributed by atoms with Crippen LogP contribution in [0.25, 0.3) is 0 Å². The number of amidine groups is 1. The predicted octanol–water partition coefficient (Wildman–Crippen LogP) is 2.95. The molecule has 0 saturated heterocycles. The minimum Gasteiger partial charge on any atom is -0.457 e. The number of hydrogen-bond acceptors (Lipinski definition) is 4. The lowest BCUT2D eigenvalue weighted by Crippen LogP contribution is -2.14. The Morgan fingerprint density at radius 1 is 1.19 bits per heavy atom. The van der Waals surface area contributed by atoms with Crippen molar-refractivity contribution < 1.29 is 9.94 Å². The van der Waals surface area contributed by atoms with E-state index in [2.05, 4.69) is 5.16 Å². The van der Waals surface area contributed by atoms with Crippen LogP contribution in [0.15, 0.2) is 47.6 Å². The average Bonchev–Trinajstić information content (AvgIpc) is 2.48. The minimum atomic E-state index is 0.0254. The molecule has 0 amide bonds. The fraction of sp³-hybridized carbons (Fsp3) is 0.188. The number of anilines is 1. The summed E-state index contributed by atoms with van der Waals surface area (Å²) in [6, 6.07) is 13.2. The molecule has 0 unspecified atom stereocenters. The molecule has 5 heteroatoms. The van der Waals surface area contributed by atoms with E-state index in [1.807, 2.05) is 68.4 Å². The molecule has 0 radical (unpaired) electrons. The van der Waals surface area contributed by atoms with Gasteiger partial charge in [-0.1, -0.05) is 22.9 Å². The summed E-state index contributed by atoms with van der Waals surface area (Å²) < 4.78 is 5.88. The first-order chi connectivity index (χ1) is 10.0. The highest BCUT2D eigenvalue weighted by atomic mass is 16.5. The maximum absolute atomic E-state index is 8.89. The smallest absolute Gasteiger partial charge is 0.173 e. The van der Waals surface area contributed by atoms with Crippen molar-refractivity contribution in [1.82, 2.24) is 0 Å². The first kappa shape index (κ1) is 14.7. The van der Waals surface area contributed by atoms with Gasteiger partial charge in [-0.05, 0) is 31.2 Å². The second-order valence-electron chi connectivity index (χ2n) is 4.98. The van der Waals surface area contributed by atoms with Crippen LogP contribution in [0.2, 0.25) is 0 Å². The Balaban J connectivity index is 2.38. The van der Waals surface area contributed by atoms with Crippen LogP contribution < -0.4 is 15.4 Å². The van der Waals surface area contributed by atoms with Gasteiger partial charge in [-0.15, -0.1) is 0 Å². The predicted molar refractivity (Wildman–Crippen MR) is 84.5 cm³/mol. The van der Waals surface area contributed by atoms with E-state index in [1.165, 1.54) is 0 Å². The van der Waals surface area contributed by atoms with Gasteiger partial charge in [-0.3, -0.25) is 0 Å². The van der Waals surface area contributed by atoms with Crippen LogP contribution in [0.4, 0.5) is 5.69 Å². The number of benzene rings is 2. The molecule has 0 fully saturated rings. The van der Waals surface area contributed by atoms with Crippen LogP contribution in [-0.2, 0) is 0 Å². The maximum Gasteiger partial charge on any atom is 0.173 e.